The number of hydrogen-bond acceptors (Lipinski definition) is 4. The predicted molar refractivity (Wildman–Crippen MR) is 127 cm³/mol. The fourth-order valence-corrected chi connectivity index (χ4v) is 5.36. The summed E-state index contributed by atoms with van der Waals surface area (Å²) in [5.41, 5.74) is 4.24. The number of aromatic amines is 1. The Bertz CT molecular complexity index is 1420. The van der Waals surface area contributed by atoms with Crippen molar-refractivity contribution in [1.82, 2.24) is 24.6 Å². The Morgan fingerprint density at radius 2 is 2.03 bits per heavy atom. The molecule has 6 rings (SSSR count). The number of carbonyl (C=O) groups excluding carboxylic acids is 1. The van der Waals surface area contributed by atoms with Crippen LogP contribution < -0.4 is 10.9 Å². The van der Waals surface area contributed by atoms with Gasteiger partial charge in [0, 0.05) is 43.1 Å². The average molecular weight is 442 g/mol. The lowest BCUT2D eigenvalue weighted by Gasteiger charge is -2.38. The van der Waals surface area contributed by atoms with Gasteiger partial charge in [0.15, 0.2) is 0 Å². The van der Waals surface area contributed by atoms with Crippen LogP contribution in [-0.2, 0) is 13.1 Å². The monoisotopic (exact) mass is 441 g/mol. The molecular formula is C26H27N5O2. The zero-order valence-electron chi connectivity index (χ0n) is 18.5. The minimum absolute atomic E-state index is 0.129. The van der Waals surface area contributed by atoms with Crippen LogP contribution in [0.1, 0.15) is 47.4 Å². The predicted octanol–water partition coefficient (Wildman–Crippen LogP) is 3.48. The number of aromatic nitrogens is 3. The molecule has 1 saturated carbocycles. The number of benzene rings is 1. The highest BCUT2D eigenvalue weighted by atomic mass is 16.2. The van der Waals surface area contributed by atoms with Crippen molar-refractivity contribution in [2.75, 3.05) is 13.1 Å². The first-order valence-electron chi connectivity index (χ1n) is 11.7. The highest BCUT2D eigenvalue weighted by molar-refractivity contribution is 5.92. The molecule has 1 saturated heterocycles. The van der Waals surface area contributed by atoms with Gasteiger partial charge in [0.25, 0.3) is 11.5 Å². The average Bonchev–Trinajstić information content (AvgIpc) is 3.41. The Labute approximate surface area is 191 Å². The SMILES string of the molecule is O=C(NCc1ccc2cc(CN3CCC4(CCC4)C3)[nH]c2c1)c1cc(=O)n2ccccc2n1. The van der Waals surface area contributed by atoms with Crippen LogP contribution in [0.25, 0.3) is 16.6 Å². The van der Waals surface area contributed by atoms with Gasteiger partial charge in [-0.2, -0.15) is 0 Å². The van der Waals surface area contributed by atoms with Crippen LogP contribution in [0.2, 0.25) is 0 Å². The van der Waals surface area contributed by atoms with Crippen LogP contribution in [0.4, 0.5) is 0 Å². The molecule has 0 atom stereocenters. The van der Waals surface area contributed by atoms with Crippen LogP contribution in [-0.4, -0.2) is 38.3 Å². The van der Waals surface area contributed by atoms with Gasteiger partial charge < -0.3 is 10.3 Å². The Morgan fingerprint density at radius 3 is 2.85 bits per heavy atom. The zero-order valence-corrected chi connectivity index (χ0v) is 18.5. The van der Waals surface area contributed by atoms with E-state index < -0.39 is 0 Å². The lowest BCUT2D eigenvalue weighted by Crippen LogP contribution is -2.32. The molecule has 2 fully saturated rings. The summed E-state index contributed by atoms with van der Waals surface area (Å²) in [7, 11) is 0. The highest BCUT2D eigenvalue weighted by Gasteiger charge is 2.42. The summed E-state index contributed by atoms with van der Waals surface area (Å²) in [6.45, 7) is 3.75. The summed E-state index contributed by atoms with van der Waals surface area (Å²) >= 11 is 0. The van der Waals surface area contributed by atoms with Gasteiger partial charge in [0.1, 0.15) is 11.3 Å². The van der Waals surface area contributed by atoms with E-state index in [1.807, 2.05) is 6.07 Å². The molecule has 168 valence electrons. The van der Waals surface area contributed by atoms with Crippen molar-refractivity contribution in [3.63, 3.8) is 0 Å². The Hall–Kier alpha value is -3.45. The third-order valence-corrected chi connectivity index (χ3v) is 7.32. The molecule has 0 radical (unpaired) electrons. The molecule has 1 spiro atoms. The van der Waals surface area contributed by atoms with Crippen LogP contribution in [0, 0.1) is 5.41 Å². The minimum Gasteiger partial charge on any atom is -0.357 e. The lowest BCUT2D eigenvalue weighted by atomic mass is 9.68. The van der Waals surface area contributed by atoms with Gasteiger partial charge in [-0.25, -0.2) is 4.98 Å². The molecule has 2 N–H and O–H groups in total. The second-order valence-corrected chi connectivity index (χ2v) is 9.62. The number of nitrogens with zero attached hydrogens (tertiary/aromatic N) is 3. The number of amides is 1. The molecule has 3 aromatic heterocycles. The van der Waals surface area contributed by atoms with Gasteiger partial charge in [-0.05, 0) is 66.4 Å². The molecule has 7 heteroatoms. The molecule has 4 heterocycles. The largest absolute Gasteiger partial charge is 0.357 e. The van der Waals surface area contributed by atoms with Crippen LogP contribution >= 0.6 is 0 Å². The van der Waals surface area contributed by atoms with Gasteiger partial charge in [0.05, 0.1) is 0 Å². The van der Waals surface area contributed by atoms with Crippen molar-refractivity contribution in [1.29, 1.82) is 0 Å². The molecule has 4 aromatic rings. The number of H-pyrrole nitrogens is 1. The Balaban J connectivity index is 1.13. The molecular weight excluding hydrogens is 414 g/mol. The Kier molecular flexibility index (Phi) is 4.80. The van der Waals surface area contributed by atoms with Crippen molar-refractivity contribution in [2.45, 2.75) is 38.8 Å². The first-order valence-corrected chi connectivity index (χ1v) is 11.7. The lowest BCUT2D eigenvalue weighted by molar-refractivity contribution is 0.0946. The Morgan fingerprint density at radius 1 is 1.12 bits per heavy atom. The number of pyridine rings is 1. The molecule has 1 aliphatic heterocycles. The summed E-state index contributed by atoms with van der Waals surface area (Å²) in [6, 6.07) is 15.0. The molecule has 33 heavy (non-hydrogen) atoms. The third-order valence-electron chi connectivity index (χ3n) is 7.32. The molecule has 0 bridgehead atoms. The first kappa shape index (κ1) is 20.2. The van der Waals surface area contributed by atoms with Crippen LogP contribution in [0.5, 0.6) is 0 Å². The summed E-state index contributed by atoms with van der Waals surface area (Å²) in [5, 5.41) is 4.07. The number of likely N-dealkylation sites (tertiary alicyclic amines) is 1. The van der Waals surface area contributed by atoms with E-state index >= 15 is 0 Å². The van der Waals surface area contributed by atoms with E-state index in [0.29, 0.717) is 17.6 Å². The fourth-order valence-electron chi connectivity index (χ4n) is 5.36. The quantitative estimate of drug-likeness (QED) is 0.497. The topological polar surface area (TPSA) is 82.5 Å². The summed E-state index contributed by atoms with van der Waals surface area (Å²) in [4.78, 5) is 35.3. The van der Waals surface area contributed by atoms with E-state index in [1.54, 1.807) is 24.4 Å². The van der Waals surface area contributed by atoms with Crippen molar-refractivity contribution in [3.8, 4) is 0 Å². The molecule has 2 aliphatic rings. The van der Waals surface area contributed by atoms with E-state index in [0.717, 1.165) is 17.6 Å². The van der Waals surface area contributed by atoms with Gasteiger partial charge in [-0.15, -0.1) is 0 Å². The van der Waals surface area contributed by atoms with Crippen molar-refractivity contribution in [2.24, 2.45) is 5.41 Å². The summed E-state index contributed by atoms with van der Waals surface area (Å²) < 4.78 is 1.42. The van der Waals surface area contributed by atoms with Gasteiger partial charge >= 0.3 is 0 Å². The fraction of sp³-hybridized carbons (Fsp3) is 0.346. The van der Waals surface area contributed by atoms with Crippen molar-refractivity contribution in [3.05, 3.63) is 82.0 Å². The maximum Gasteiger partial charge on any atom is 0.270 e. The van der Waals surface area contributed by atoms with E-state index in [9.17, 15) is 9.59 Å². The smallest absolute Gasteiger partial charge is 0.270 e. The second-order valence-electron chi connectivity index (χ2n) is 9.62. The van der Waals surface area contributed by atoms with Gasteiger partial charge in [-0.1, -0.05) is 24.6 Å². The number of nitrogens with one attached hydrogen (secondary N) is 2. The van der Waals surface area contributed by atoms with E-state index in [2.05, 4.69) is 38.4 Å². The van der Waals surface area contributed by atoms with E-state index in [-0.39, 0.29) is 17.2 Å². The molecule has 1 aromatic carbocycles. The maximum absolute atomic E-state index is 12.6. The van der Waals surface area contributed by atoms with Crippen molar-refractivity contribution < 1.29 is 4.79 Å². The maximum atomic E-state index is 12.6. The number of rotatable bonds is 5. The third kappa shape index (κ3) is 3.82. The summed E-state index contributed by atoms with van der Waals surface area (Å²) in [6.07, 6.45) is 7.17. The van der Waals surface area contributed by atoms with Crippen LogP contribution in [0.3, 0.4) is 0 Å². The molecule has 0 unspecified atom stereocenters. The van der Waals surface area contributed by atoms with Crippen LogP contribution in [0.15, 0.2) is 59.5 Å². The first-order chi connectivity index (χ1) is 16.1. The number of fused-ring (bicyclic) bond motifs is 2. The van der Waals surface area contributed by atoms with E-state index in [1.165, 1.54) is 60.3 Å². The molecule has 1 aliphatic carbocycles. The normalized spacial score (nSPS) is 17.6. The number of carbonyl (C=O) groups is 1. The van der Waals surface area contributed by atoms with Gasteiger partial charge in [-0.3, -0.25) is 18.9 Å². The summed E-state index contributed by atoms with van der Waals surface area (Å²) in [5.74, 6) is -0.357. The standard InChI is InChI=1S/C26H27N5O2/c32-24-14-22(29-23-4-1-2-10-31(23)24)25(33)27-15-18-5-6-19-13-20(28-21(19)12-18)16-30-11-9-26(17-30)7-3-8-26/h1-2,4-6,10,12-14,28H,3,7-9,11,15-17H2,(H,27,33). The molecule has 7 nitrogen and oxygen atoms in total. The van der Waals surface area contributed by atoms with Crippen molar-refractivity contribution >= 4 is 22.5 Å². The second kappa shape index (κ2) is 7.85. The highest BCUT2D eigenvalue weighted by Crippen LogP contribution is 2.48. The minimum atomic E-state index is -0.357. The van der Waals surface area contributed by atoms with Gasteiger partial charge in [0.2, 0.25) is 0 Å². The number of hydrogen-bond donors (Lipinski definition) is 2. The zero-order chi connectivity index (χ0) is 22.4. The van der Waals surface area contributed by atoms with E-state index in [4.69, 9.17) is 0 Å². The molecule has 1 amide bonds.